The van der Waals surface area contributed by atoms with Gasteiger partial charge in [-0.2, -0.15) is 0 Å². The number of rotatable bonds is 5. The summed E-state index contributed by atoms with van der Waals surface area (Å²) in [7, 11) is 1.51. The van der Waals surface area contributed by atoms with E-state index in [-0.39, 0.29) is 11.7 Å². The van der Waals surface area contributed by atoms with Gasteiger partial charge in [0.25, 0.3) is 5.91 Å². The largest absolute Gasteiger partial charge is 0.495 e. The van der Waals surface area contributed by atoms with Crippen molar-refractivity contribution in [3.05, 3.63) is 59.4 Å². The molecular formula is C16H17FN2O2. The summed E-state index contributed by atoms with van der Waals surface area (Å²) in [5, 5.41) is 2.74. The minimum atomic E-state index is -0.263. The van der Waals surface area contributed by atoms with Crippen molar-refractivity contribution >= 4 is 11.6 Å². The third-order valence-corrected chi connectivity index (χ3v) is 3.13. The molecule has 0 spiro atoms. The molecular weight excluding hydrogens is 271 g/mol. The van der Waals surface area contributed by atoms with E-state index in [1.165, 1.54) is 13.2 Å². The number of halogens is 1. The summed E-state index contributed by atoms with van der Waals surface area (Å²) in [6.45, 7) is 0.353. The van der Waals surface area contributed by atoms with E-state index < -0.39 is 0 Å². The van der Waals surface area contributed by atoms with E-state index in [0.29, 0.717) is 35.5 Å². The number of hydrogen-bond donors (Lipinski definition) is 2. The highest BCUT2D eigenvalue weighted by molar-refractivity contribution is 5.95. The fourth-order valence-corrected chi connectivity index (χ4v) is 1.99. The first-order valence-corrected chi connectivity index (χ1v) is 6.57. The maximum atomic E-state index is 13.4. The summed E-state index contributed by atoms with van der Waals surface area (Å²) in [6, 6.07) is 11.3. The van der Waals surface area contributed by atoms with Crippen molar-refractivity contribution in [3.63, 3.8) is 0 Å². The summed E-state index contributed by atoms with van der Waals surface area (Å²) in [5.74, 6) is 0.0130. The number of nitrogens with one attached hydrogen (secondary N) is 1. The second-order valence-electron chi connectivity index (χ2n) is 4.55. The Balaban J connectivity index is 1.93. The van der Waals surface area contributed by atoms with Crippen LogP contribution in [-0.2, 0) is 6.42 Å². The summed E-state index contributed by atoms with van der Waals surface area (Å²) >= 11 is 0. The van der Waals surface area contributed by atoms with Crippen LogP contribution in [0.4, 0.5) is 10.1 Å². The molecule has 2 rings (SSSR count). The van der Waals surface area contributed by atoms with Crippen LogP contribution in [0, 0.1) is 5.82 Å². The lowest BCUT2D eigenvalue weighted by atomic mass is 10.1. The monoisotopic (exact) mass is 288 g/mol. The molecule has 0 fully saturated rings. The molecule has 2 aromatic rings. The predicted molar refractivity (Wildman–Crippen MR) is 79.8 cm³/mol. The smallest absolute Gasteiger partial charge is 0.251 e. The molecule has 0 aliphatic heterocycles. The highest BCUT2D eigenvalue weighted by Crippen LogP contribution is 2.21. The first kappa shape index (κ1) is 14.8. The number of methoxy groups -OCH3 is 1. The van der Waals surface area contributed by atoms with E-state index in [2.05, 4.69) is 5.32 Å². The second-order valence-corrected chi connectivity index (χ2v) is 4.55. The van der Waals surface area contributed by atoms with Crippen LogP contribution in [0.25, 0.3) is 0 Å². The highest BCUT2D eigenvalue weighted by Gasteiger charge is 2.08. The van der Waals surface area contributed by atoms with Crippen LogP contribution in [-0.4, -0.2) is 19.6 Å². The quantitative estimate of drug-likeness (QED) is 0.830. The van der Waals surface area contributed by atoms with Crippen molar-refractivity contribution < 1.29 is 13.9 Å². The van der Waals surface area contributed by atoms with E-state index in [9.17, 15) is 9.18 Å². The molecule has 2 aromatic carbocycles. The van der Waals surface area contributed by atoms with Gasteiger partial charge in [-0.25, -0.2) is 4.39 Å². The molecule has 110 valence electrons. The van der Waals surface area contributed by atoms with Gasteiger partial charge in [-0.15, -0.1) is 0 Å². The third-order valence-electron chi connectivity index (χ3n) is 3.13. The number of carbonyl (C=O) groups excluding carboxylic acids is 1. The van der Waals surface area contributed by atoms with Gasteiger partial charge < -0.3 is 15.8 Å². The molecule has 0 bridgehead atoms. The van der Waals surface area contributed by atoms with Gasteiger partial charge in [-0.05, 0) is 36.2 Å². The average Bonchev–Trinajstić information content (AvgIpc) is 2.49. The molecule has 5 heteroatoms. The Kier molecular flexibility index (Phi) is 4.77. The van der Waals surface area contributed by atoms with Crippen molar-refractivity contribution in [3.8, 4) is 5.75 Å². The van der Waals surface area contributed by atoms with Gasteiger partial charge in [0.1, 0.15) is 11.6 Å². The summed E-state index contributed by atoms with van der Waals surface area (Å²) < 4.78 is 18.5. The van der Waals surface area contributed by atoms with Gasteiger partial charge in [0.15, 0.2) is 0 Å². The molecule has 0 saturated heterocycles. The Morgan fingerprint density at radius 3 is 2.71 bits per heavy atom. The van der Waals surface area contributed by atoms with Crippen LogP contribution in [0.3, 0.4) is 0 Å². The van der Waals surface area contributed by atoms with Gasteiger partial charge in [-0.3, -0.25) is 4.79 Å². The molecule has 0 aliphatic carbocycles. The lowest BCUT2D eigenvalue weighted by Crippen LogP contribution is -2.26. The zero-order valence-corrected chi connectivity index (χ0v) is 11.7. The number of ether oxygens (including phenoxy) is 1. The van der Waals surface area contributed by atoms with Crippen LogP contribution >= 0.6 is 0 Å². The van der Waals surface area contributed by atoms with E-state index in [4.69, 9.17) is 10.5 Å². The zero-order valence-electron chi connectivity index (χ0n) is 11.7. The van der Waals surface area contributed by atoms with Gasteiger partial charge in [-0.1, -0.05) is 18.2 Å². The SMILES string of the molecule is COc1ccc(C(=O)NCCc2ccccc2F)cc1N. The molecule has 0 aromatic heterocycles. The van der Waals surface area contributed by atoms with Crippen LogP contribution in [0.2, 0.25) is 0 Å². The molecule has 0 unspecified atom stereocenters. The van der Waals surface area contributed by atoms with Gasteiger partial charge in [0.05, 0.1) is 12.8 Å². The van der Waals surface area contributed by atoms with Gasteiger partial charge in [0, 0.05) is 12.1 Å². The third kappa shape index (κ3) is 3.72. The maximum absolute atomic E-state index is 13.4. The Labute approximate surface area is 122 Å². The topological polar surface area (TPSA) is 64.3 Å². The average molecular weight is 288 g/mol. The second kappa shape index (κ2) is 6.74. The lowest BCUT2D eigenvalue weighted by Gasteiger charge is -2.08. The van der Waals surface area contributed by atoms with Crippen LogP contribution < -0.4 is 15.8 Å². The van der Waals surface area contributed by atoms with Crippen molar-refractivity contribution in [1.82, 2.24) is 5.32 Å². The fourth-order valence-electron chi connectivity index (χ4n) is 1.99. The van der Waals surface area contributed by atoms with Crippen molar-refractivity contribution in [2.75, 3.05) is 19.4 Å². The normalized spacial score (nSPS) is 10.2. The van der Waals surface area contributed by atoms with Crippen LogP contribution in [0.5, 0.6) is 5.75 Å². The van der Waals surface area contributed by atoms with Gasteiger partial charge >= 0.3 is 0 Å². The summed E-state index contributed by atoms with van der Waals surface area (Å²) in [4.78, 5) is 12.0. The van der Waals surface area contributed by atoms with Crippen molar-refractivity contribution in [1.29, 1.82) is 0 Å². The molecule has 1 amide bonds. The highest BCUT2D eigenvalue weighted by atomic mass is 19.1. The van der Waals surface area contributed by atoms with Crippen molar-refractivity contribution in [2.45, 2.75) is 6.42 Å². The number of hydrogen-bond acceptors (Lipinski definition) is 3. The molecule has 4 nitrogen and oxygen atoms in total. The number of nitrogens with two attached hydrogens (primary N) is 1. The Hall–Kier alpha value is -2.56. The zero-order chi connectivity index (χ0) is 15.2. The number of benzene rings is 2. The Morgan fingerprint density at radius 1 is 1.29 bits per heavy atom. The first-order chi connectivity index (χ1) is 10.1. The first-order valence-electron chi connectivity index (χ1n) is 6.57. The molecule has 3 N–H and O–H groups in total. The number of amides is 1. The van der Waals surface area contributed by atoms with E-state index in [0.717, 1.165) is 0 Å². The van der Waals surface area contributed by atoms with Gasteiger partial charge in [0.2, 0.25) is 0 Å². The number of anilines is 1. The van der Waals surface area contributed by atoms with Crippen LogP contribution in [0.15, 0.2) is 42.5 Å². The predicted octanol–water partition coefficient (Wildman–Crippen LogP) is 2.39. The van der Waals surface area contributed by atoms with E-state index in [1.54, 1.807) is 36.4 Å². The van der Waals surface area contributed by atoms with E-state index in [1.807, 2.05) is 0 Å². The molecule has 21 heavy (non-hydrogen) atoms. The molecule has 0 saturated carbocycles. The van der Waals surface area contributed by atoms with E-state index >= 15 is 0 Å². The molecule has 0 aliphatic rings. The number of carbonyl (C=O) groups is 1. The Bertz CT molecular complexity index is 644. The van der Waals surface area contributed by atoms with Crippen LogP contribution in [0.1, 0.15) is 15.9 Å². The fraction of sp³-hybridized carbons (Fsp3) is 0.188. The van der Waals surface area contributed by atoms with Crippen molar-refractivity contribution in [2.24, 2.45) is 0 Å². The molecule has 0 radical (unpaired) electrons. The summed E-state index contributed by atoms with van der Waals surface area (Å²) in [6.07, 6.45) is 0.435. The maximum Gasteiger partial charge on any atom is 0.251 e. The summed E-state index contributed by atoms with van der Waals surface area (Å²) in [5.41, 5.74) is 7.18. The standard InChI is InChI=1S/C16H17FN2O2/c1-21-15-7-6-12(10-14(15)18)16(20)19-9-8-11-4-2-3-5-13(11)17/h2-7,10H,8-9,18H2,1H3,(H,19,20). The lowest BCUT2D eigenvalue weighted by molar-refractivity contribution is 0.0954. The Morgan fingerprint density at radius 2 is 2.05 bits per heavy atom. The number of nitrogen functional groups attached to an aromatic ring is 1. The molecule has 0 atom stereocenters. The minimum absolute atomic E-state index is 0.249. The molecule has 0 heterocycles. The minimum Gasteiger partial charge on any atom is -0.495 e.